The smallest absolute Gasteiger partial charge is 0.182 e. The molecule has 2 N–H and O–H groups in total. The topological polar surface area (TPSA) is 80.5 Å². The molecule has 1 aromatic heterocycles. The molecule has 5 nitrogen and oxygen atoms in total. The van der Waals surface area contributed by atoms with E-state index in [0.717, 1.165) is 19.3 Å². The van der Waals surface area contributed by atoms with Gasteiger partial charge in [-0.05, 0) is 19.3 Å². The maximum atomic E-state index is 8.56. The minimum atomic E-state index is 0.160. The van der Waals surface area contributed by atoms with Gasteiger partial charge in [0.15, 0.2) is 5.69 Å². The van der Waals surface area contributed by atoms with Crippen LogP contribution in [0.2, 0.25) is 0 Å². The summed E-state index contributed by atoms with van der Waals surface area (Å²) >= 11 is 0. The Balaban J connectivity index is 2.21. The zero-order valence-electron chi connectivity index (χ0n) is 7.22. The van der Waals surface area contributed by atoms with Crippen LogP contribution in [0.4, 0.5) is 0 Å². The van der Waals surface area contributed by atoms with Crippen molar-refractivity contribution < 1.29 is 0 Å². The summed E-state index contributed by atoms with van der Waals surface area (Å²) in [5.41, 5.74) is 6.25. The highest BCUT2D eigenvalue weighted by molar-refractivity contribution is 5.13. The molecule has 1 aliphatic carbocycles. The van der Waals surface area contributed by atoms with Gasteiger partial charge >= 0.3 is 0 Å². The molecule has 0 aromatic carbocycles. The fourth-order valence-electron chi connectivity index (χ4n) is 1.79. The third-order valence-electron chi connectivity index (χ3n) is 2.50. The predicted molar refractivity (Wildman–Crippen MR) is 45.6 cm³/mol. The van der Waals surface area contributed by atoms with Gasteiger partial charge in [-0.15, -0.1) is 5.10 Å². The number of hydrogen-bond acceptors (Lipinski definition) is 4. The summed E-state index contributed by atoms with van der Waals surface area (Å²) in [5, 5.41) is 16.2. The molecule has 1 aromatic rings. The molecule has 0 spiro atoms. The minimum absolute atomic E-state index is 0.160. The Hall–Kier alpha value is -1.41. The Bertz CT molecular complexity index is 337. The fourth-order valence-corrected chi connectivity index (χ4v) is 1.79. The van der Waals surface area contributed by atoms with Crippen LogP contribution < -0.4 is 5.73 Å². The van der Waals surface area contributed by atoms with Crippen molar-refractivity contribution in [1.82, 2.24) is 15.0 Å². The van der Waals surface area contributed by atoms with Gasteiger partial charge in [0.25, 0.3) is 0 Å². The van der Waals surface area contributed by atoms with E-state index in [2.05, 4.69) is 10.3 Å². The Labute approximate surface area is 76.1 Å². The molecule has 1 aliphatic rings. The van der Waals surface area contributed by atoms with E-state index >= 15 is 0 Å². The van der Waals surface area contributed by atoms with Crippen LogP contribution in [0.25, 0.3) is 0 Å². The highest BCUT2D eigenvalue weighted by Crippen LogP contribution is 2.27. The van der Waals surface area contributed by atoms with Gasteiger partial charge in [0.05, 0.1) is 12.2 Å². The highest BCUT2D eigenvalue weighted by Gasteiger charge is 2.26. The molecule has 0 aliphatic heterocycles. The lowest BCUT2D eigenvalue weighted by molar-refractivity contribution is 0.412. The van der Waals surface area contributed by atoms with Crippen LogP contribution in [-0.2, 0) is 0 Å². The maximum Gasteiger partial charge on any atom is 0.182 e. The van der Waals surface area contributed by atoms with Gasteiger partial charge in [-0.25, -0.2) is 4.68 Å². The Morgan fingerprint density at radius 1 is 1.62 bits per heavy atom. The molecule has 0 saturated heterocycles. The summed E-state index contributed by atoms with van der Waals surface area (Å²) < 4.78 is 1.72. The second-order valence-electron chi connectivity index (χ2n) is 3.36. The second kappa shape index (κ2) is 3.15. The Morgan fingerprint density at radius 3 is 3.00 bits per heavy atom. The molecule has 0 amide bonds. The normalized spacial score (nSPS) is 27.4. The largest absolute Gasteiger partial charge is 0.326 e. The summed E-state index contributed by atoms with van der Waals surface area (Å²) in [6.07, 6.45) is 4.87. The van der Waals surface area contributed by atoms with Crippen LogP contribution in [0.15, 0.2) is 6.20 Å². The van der Waals surface area contributed by atoms with Crippen LogP contribution in [0, 0.1) is 11.3 Å². The lowest BCUT2D eigenvalue weighted by atomic mass is 10.2. The van der Waals surface area contributed by atoms with Crippen LogP contribution in [-0.4, -0.2) is 21.0 Å². The van der Waals surface area contributed by atoms with Crippen molar-refractivity contribution in [3.63, 3.8) is 0 Å². The van der Waals surface area contributed by atoms with E-state index in [1.807, 2.05) is 6.07 Å². The van der Waals surface area contributed by atoms with E-state index in [-0.39, 0.29) is 12.1 Å². The first-order valence-corrected chi connectivity index (χ1v) is 4.39. The Kier molecular flexibility index (Phi) is 1.99. The molecule has 5 heteroatoms. The summed E-state index contributed by atoms with van der Waals surface area (Å²) in [6, 6.07) is 2.34. The predicted octanol–water partition coefficient (Wildman–Crippen LogP) is 0.202. The number of aromatic nitrogens is 3. The van der Waals surface area contributed by atoms with Crippen molar-refractivity contribution in [3.05, 3.63) is 11.9 Å². The van der Waals surface area contributed by atoms with Gasteiger partial charge in [-0.2, -0.15) is 5.26 Å². The summed E-state index contributed by atoms with van der Waals surface area (Å²) in [5.74, 6) is 0. The molecule has 0 radical (unpaired) electrons. The summed E-state index contributed by atoms with van der Waals surface area (Å²) in [6.45, 7) is 0. The van der Waals surface area contributed by atoms with Gasteiger partial charge in [-0.1, -0.05) is 5.21 Å². The molecule has 2 rings (SSSR count). The van der Waals surface area contributed by atoms with Gasteiger partial charge < -0.3 is 5.73 Å². The van der Waals surface area contributed by atoms with Gasteiger partial charge in [-0.3, -0.25) is 0 Å². The summed E-state index contributed by atoms with van der Waals surface area (Å²) in [7, 11) is 0. The fraction of sp³-hybridized carbons (Fsp3) is 0.625. The molecule has 1 heterocycles. The number of nitrogens with two attached hydrogens (primary N) is 1. The quantitative estimate of drug-likeness (QED) is 0.664. The monoisotopic (exact) mass is 177 g/mol. The van der Waals surface area contributed by atoms with Crippen molar-refractivity contribution in [1.29, 1.82) is 5.26 Å². The van der Waals surface area contributed by atoms with Crippen LogP contribution in [0.3, 0.4) is 0 Å². The van der Waals surface area contributed by atoms with Crippen molar-refractivity contribution >= 4 is 0 Å². The molecule has 1 fully saturated rings. The van der Waals surface area contributed by atoms with Gasteiger partial charge in [0, 0.05) is 6.04 Å². The Morgan fingerprint density at radius 2 is 2.46 bits per heavy atom. The number of nitriles is 1. The van der Waals surface area contributed by atoms with E-state index in [1.54, 1.807) is 10.9 Å². The van der Waals surface area contributed by atoms with Gasteiger partial charge in [0.2, 0.25) is 0 Å². The lowest BCUT2D eigenvalue weighted by Gasteiger charge is -2.13. The lowest BCUT2D eigenvalue weighted by Crippen LogP contribution is -2.27. The van der Waals surface area contributed by atoms with Crippen molar-refractivity contribution in [2.75, 3.05) is 0 Å². The standard InChI is InChI=1S/C8H11N5/c9-4-6-5-13(12-11-6)8-3-1-2-7(8)10/h5,7-8H,1-3,10H2. The molecular formula is C8H11N5. The number of nitrogens with zero attached hydrogens (tertiary/aromatic N) is 4. The second-order valence-corrected chi connectivity index (χ2v) is 3.36. The molecule has 68 valence electrons. The van der Waals surface area contributed by atoms with Crippen molar-refractivity contribution in [2.45, 2.75) is 31.3 Å². The third kappa shape index (κ3) is 1.40. The van der Waals surface area contributed by atoms with Crippen LogP contribution in [0.5, 0.6) is 0 Å². The van der Waals surface area contributed by atoms with Crippen molar-refractivity contribution in [2.24, 2.45) is 5.73 Å². The molecule has 2 unspecified atom stereocenters. The maximum absolute atomic E-state index is 8.56. The average Bonchev–Trinajstić information content (AvgIpc) is 2.71. The molecule has 1 saturated carbocycles. The van der Waals surface area contributed by atoms with Gasteiger partial charge in [0.1, 0.15) is 6.07 Å². The van der Waals surface area contributed by atoms with E-state index < -0.39 is 0 Å². The van der Waals surface area contributed by atoms with Crippen LogP contribution >= 0.6 is 0 Å². The highest BCUT2D eigenvalue weighted by atomic mass is 15.4. The SMILES string of the molecule is N#Cc1cn(C2CCCC2N)nn1. The molecule has 13 heavy (non-hydrogen) atoms. The molecule has 2 atom stereocenters. The third-order valence-corrected chi connectivity index (χ3v) is 2.50. The molecule has 0 bridgehead atoms. The zero-order chi connectivity index (χ0) is 9.26. The zero-order valence-corrected chi connectivity index (χ0v) is 7.22. The minimum Gasteiger partial charge on any atom is -0.326 e. The number of hydrogen-bond donors (Lipinski definition) is 1. The van der Waals surface area contributed by atoms with Crippen LogP contribution in [0.1, 0.15) is 31.0 Å². The first-order valence-electron chi connectivity index (χ1n) is 4.39. The first kappa shape index (κ1) is 8.20. The van der Waals surface area contributed by atoms with E-state index in [0.29, 0.717) is 5.69 Å². The van der Waals surface area contributed by atoms with E-state index in [9.17, 15) is 0 Å². The average molecular weight is 177 g/mol. The van der Waals surface area contributed by atoms with Crippen molar-refractivity contribution in [3.8, 4) is 6.07 Å². The number of rotatable bonds is 1. The van der Waals surface area contributed by atoms with E-state index in [1.165, 1.54) is 0 Å². The van der Waals surface area contributed by atoms with E-state index in [4.69, 9.17) is 11.0 Å². The first-order chi connectivity index (χ1) is 6.31. The molecular weight excluding hydrogens is 166 g/mol. The summed E-state index contributed by atoms with van der Waals surface area (Å²) in [4.78, 5) is 0.